The average Bonchev–Trinajstić information content (AvgIpc) is 2.28. The van der Waals surface area contributed by atoms with Crippen molar-refractivity contribution in [1.29, 1.82) is 0 Å². The fourth-order valence-corrected chi connectivity index (χ4v) is 1.63. The average molecular weight is 262 g/mol. The molecule has 0 saturated carbocycles. The summed E-state index contributed by atoms with van der Waals surface area (Å²) in [5.41, 5.74) is -1.20. The van der Waals surface area contributed by atoms with Crippen LogP contribution in [0.15, 0.2) is 23.1 Å². The van der Waals surface area contributed by atoms with Crippen molar-refractivity contribution in [3.05, 3.63) is 34.2 Å². The number of nitrogens with zero attached hydrogens (tertiary/aromatic N) is 1. The minimum Gasteiger partial charge on any atom is -0.317 e. The van der Waals surface area contributed by atoms with Gasteiger partial charge in [-0.2, -0.15) is 13.2 Å². The monoisotopic (exact) mass is 262 g/mol. The highest BCUT2D eigenvalue weighted by atomic mass is 19.4. The molecule has 1 atom stereocenters. The van der Waals surface area contributed by atoms with Gasteiger partial charge in [0.15, 0.2) is 0 Å². The Labute approximate surface area is 104 Å². The molecule has 1 rings (SSSR count). The number of aromatic nitrogens is 1. The third-order valence-electron chi connectivity index (χ3n) is 2.56. The predicted molar refractivity (Wildman–Crippen MR) is 63.4 cm³/mol. The summed E-state index contributed by atoms with van der Waals surface area (Å²) >= 11 is 0. The summed E-state index contributed by atoms with van der Waals surface area (Å²) in [6.45, 7) is 5.56. The van der Waals surface area contributed by atoms with Gasteiger partial charge in [-0.3, -0.25) is 4.79 Å². The van der Waals surface area contributed by atoms with Crippen molar-refractivity contribution >= 4 is 0 Å². The normalized spacial score (nSPS) is 13.6. The first-order valence-corrected chi connectivity index (χ1v) is 5.83. The summed E-state index contributed by atoms with van der Waals surface area (Å²) in [4.78, 5) is 11.5. The van der Waals surface area contributed by atoms with E-state index in [2.05, 4.69) is 5.32 Å². The Morgan fingerprint density at radius 2 is 2.06 bits per heavy atom. The van der Waals surface area contributed by atoms with Crippen LogP contribution in [0.1, 0.15) is 19.4 Å². The van der Waals surface area contributed by atoms with Crippen molar-refractivity contribution < 1.29 is 13.2 Å². The van der Waals surface area contributed by atoms with Crippen LogP contribution in [-0.2, 0) is 12.7 Å². The van der Waals surface area contributed by atoms with Crippen molar-refractivity contribution in [2.24, 2.45) is 5.92 Å². The Bertz CT molecular complexity index is 440. The van der Waals surface area contributed by atoms with Gasteiger partial charge in [0.2, 0.25) is 0 Å². The Morgan fingerprint density at radius 3 is 2.61 bits per heavy atom. The molecule has 18 heavy (non-hydrogen) atoms. The molecular weight excluding hydrogens is 245 g/mol. The molecule has 1 unspecified atom stereocenters. The molecule has 0 aromatic carbocycles. The van der Waals surface area contributed by atoms with E-state index in [4.69, 9.17) is 0 Å². The number of halogens is 3. The zero-order chi connectivity index (χ0) is 13.8. The minimum absolute atomic E-state index is 0.0890. The van der Waals surface area contributed by atoms with E-state index in [0.717, 1.165) is 29.4 Å². The van der Waals surface area contributed by atoms with E-state index in [1.165, 1.54) is 0 Å². The summed E-state index contributed by atoms with van der Waals surface area (Å²) in [7, 11) is 0. The summed E-state index contributed by atoms with van der Waals surface area (Å²) in [6, 6.07) is 1.77. The number of hydrogen-bond donors (Lipinski definition) is 1. The van der Waals surface area contributed by atoms with Gasteiger partial charge >= 0.3 is 6.18 Å². The standard InChI is InChI=1S/C12H17F3N2O/c1-3-16-6-9(2)7-17-8-10(12(13,14)15)4-5-11(17)18/h4-5,8-9,16H,3,6-7H2,1-2H3. The molecule has 0 bridgehead atoms. The minimum atomic E-state index is -4.42. The highest BCUT2D eigenvalue weighted by Gasteiger charge is 2.31. The van der Waals surface area contributed by atoms with Gasteiger partial charge in [-0.15, -0.1) is 0 Å². The molecule has 0 radical (unpaired) electrons. The van der Waals surface area contributed by atoms with Crippen molar-refractivity contribution in [3.63, 3.8) is 0 Å². The lowest BCUT2D eigenvalue weighted by Crippen LogP contribution is -2.29. The van der Waals surface area contributed by atoms with Gasteiger partial charge in [0.1, 0.15) is 0 Å². The molecule has 1 aromatic heterocycles. The summed E-state index contributed by atoms with van der Waals surface area (Å²) in [5, 5.41) is 3.09. The van der Waals surface area contributed by atoms with Crippen LogP contribution in [0.25, 0.3) is 0 Å². The van der Waals surface area contributed by atoms with Crippen molar-refractivity contribution in [1.82, 2.24) is 9.88 Å². The molecule has 102 valence electrons. The fourth-order valence-electron chi connectivity index (χ4n) is 1.63. The lowest BCUT2D eigenvalue weighted by Gasteiger charge is -2.15. The van der Waals surface area contributed by atoms with Gasteiger partial charge in [-0.05, 0) is 25.1 Å². The van der Waals surface area contributed by atoms with Crippen molar-refractivity contribution in [2.45, 2.75) is 26.6 Å². The lowest BCUT2D eigenvalue weighted by atomic mass is 10.1. The Kier molecular flexibility index (Phi) is 4.95. The SMILES string of the molecule is CCNCC(C)Cn1cc(C(F)(F)F)ccc1=O. The molecule has 1 aromatic rings. The molecule has 0 aliphatic rings. The molecule has 0 aliphatic heterocycles. The third kappa shape index (κ3) is 4.18. The molecule has 0 amide bonds. The first kappa shape index (κ1) is 14.8. The maximum Gasteiger partial charge on any atom is 0.417 e. The van der Waals surface area contributed by atoms with Crippen LogP contribution >= 0.6 is 0 Å². The van der Waals surface area contributed by atoms with Crippen molar-refractivity contribution in [3.8, 4) is 0 Å². The molecule has 0 fully saturated rings. The van der Waals surface area contributed by atoms with Gasteiger partial charge < -0.3 is 9.88 Å². The topological polar surface area (TPSA) is 34.0 Å². The van der Waals surface area contributed by atoms with Crippen LogP contribution in [0.5, 0.6) is 0 Å². The van der Waals surface area contributed by atoms with Crippen LogP contribution in [0.2, 0.25) is 0 Å². The van der Waals surface area contributed by atoms with Gasteiger partial charge in [0.05, 0.1) is 5.56 Å². The summed E-state index contributed by atoms with van der Waals surface area (Å²) in [5.74, 6) is 0.0890. The van der Waals surface area contributed by atoms with Gasteiger partial charge in [-0.25, -0.2) is 0 Å². The second-order valence-corrected chi connectivity index (χ2v) is 4.32. The maximum absolute atomic E-state index is 12.5. The molecule has 0 saturated heterocycles. The second-order valence-electron chi connectivity index (χ2n) is 4.32. The van der Waals surface area contributed by atoms with Gasteiger partial charge in [-0.1, -0.05) is 13.8 Å². The Morgan fingerprint density at radius 1 is 1.39 bits per heavy atom. The van der Waals surface area contributed by atoms with Crippen LogP contribution in [0.3, 0.4) is 0 Å². The summed E-state index contributed by atoms with van der Waals surface area (Å²) in [6.07, 6.45) is -3.54. The van der Waals surface area contributed by atoms with E-state index < -0.39 is 17.3 Å². The Hall–Kier alpha value is -1.30. The maximum atomic E-state index is 12.5. The van der Waals surface area contributed by atoms with Crippen molar-refractivity contribution in [2.75, 3.05) is 13.1 Å². The molecule has 3 nitrogen and oxygen atoms in total. The zero-order valence-corrected chi connectivity index (χ0v) is 10.4. The quantitative estimate of drug-likeness (QED) is 0.882. The zero-order valence-electron chi connectivity index (χ0n) is 10.4. The molecule has 6 heteroatoms. The number of rotatable bonds is 5. The Balaban J connectivity index is 2.85. The van der Waals surface area contributed by atoms with Crippen LogP contribution in [0, 0.1) is 5.92 Å². The van der Waals surface area contributed by atoms with E-state index in [9.17, 15) is 18.0 Å². The molecule has 1 heterocycles. The lowest BCUT2D eigenvalue weighted by molar-refractivity contribution is -0.138. The van der Waals surface area contributed by atoms with E-state index >= 15 is 0 Å². The smallest absolute Gasteiger partial charge is 0.317 e. The molecular formula is C12H17F3N2O. The number of pyridine rings is 1. The summed E-state index contributed by atoms with van der Waals surface area (Å²) < 4.78 is 38.7. The molecule has 1 N–H and O–H groups in total. The number of hydrogen-bond acceptors (Lipinski definition) is 2. The molecule has 0 spiro atoms. The molecule has 0 aliphatic carbocycles. The van der Waals surface area contributed by atoms with E-state index in [0.29, 0.717) is 6.54 Å². The second kappa shape index (κ2) is 6.04. The fraction of sp³-hybridized carbons (Fsp3) is 0.583. The van der Waals surface area contributed by atoms with Crippen LogP contribution in [-0.4, -0.2) is 17.7 Å². The van der Waals surface area contributed by atoms with Crippen LogP contribution in [0.4, 0.5) is 13.2 Å². The van der Waals surface area contributed by atoms with E-state index in [-0.39, 0.29) is 12.5 Å². The van der Waals surface area contributed by atoms with E-state index in [1.54, 1.807) is 0 Å². The first-order valence-electron chi connectivity index (χ1n) is 5.83. The van der Waals surface area contributed by atoms with Gasteiger partial charge in [0, 0.05) is 18.8 Å². The van der Waals surface area contributed by atoms with E-state index in [1.807, 2.05) is 13.8 Å². The third-order valence-corrected chi connectivity index (χ3v) is 2.56. The first-order chi connectivity index (χ1) is 8.34. The largest absolute Gasteiger partial charge is 0.417 e. The highest BCUT2D eigenvalue weighted by Crippen LogP contribution is 2.28. The highest BCUT2D eigenvalue weighted by molar-refractivity contribution is 5.13. The number of alkyl halides is 3. The van der Waals surface area contributed by atoms with Gasteiger partial charge in [0.25, 0.3) is 5.56 Å². The van der Waals surface area contributed by atoms with Crippen LogP contribution < -0.4 is 10.9 Å². The number of nitrogens with one attached hydrogen (secondary N) is 1. The predicted octanol–water partition coefficient (Wildman–Crippen LogP) is 2.11.